The van der Waals surface area contributed by atoms with E-state index in [1.807, 2.05) is 31.2 Å². The molecule has 2 aromatic carbocycles. The maximum absolute atomic E-state index is 13.0. The Hall–Kier alpha value is -1.98. The molecule has 0 bridgehead atoms. The van der Waals surface area contributed by atoms with E-state index in [2.05, 4.69) is 11.8 Å². The van der Waals surface area contributed by atoms with Gasteiger partial charge in [0.15, 0.2) is 0 Å². The fourth-order valence-corrected chi connectivity index (χ4v) is 1.92. The van der Waals surface area contributed by atoms with Gasteiger partial charge in [0.25, 0.3) is 0 Å². The molecule has 0 amide bonds. The van der Waals surface area contributed by atoms with Crippen LogP contribution in [0.4, 0.5) is 4.39 Å². The number of hydrogen-bond donors (Lipinski definition) is 0. The van der Waals surface area contributed by atoms with Crippen LogP contribution >= 0.6 is 11.6 Å². The molecular weight excluding hydrogens is 287 g/mol. The van der Waals surface area contributed by atoms with E-state index in [1.165, 1.54) is 12.1 Å². The van der Waals surface area contributed by atoms with Gasteiger partial charge in [0.1, 0.15) is 18.2 Å². The molecule has 0 spiro atoms. The molecule has 108 valence electrons. The third kappa shape index (κ3) is 4.81. The Balaban J connectivity index is 1.96. The van der Waals surface area contributed by atoms with E-state index in [4.69, 9.17) is 16.3 Å². The summed E-state index contributed by atoms with van der Waals surface area (Å²) in [6.07, 6.45) is 0.684. The molecule has 0 heterocycles. The predicted molar refractivity (Wildman–Crippen MR) is 84.1 cm³/mol. The Bertz CT molecular complexity index is 653. The SMILES string of the molecule is Cc1cc(F)ccc1COc1ccc(C#CCCCl)cc1. The van der Waals surface area contributed by atoms with Crippen molar-refractivity contribution in [1.82, 2.24) is 0 Å². The minimum atomic E-state index is -0.226. The van der Waals surface area contributed by atoms with Crippen LogP contribution in [0.5, 0.6) is 5.75 Å². The van der Waals surface area contributed by atoms with Crippen molar-refractivity contribution in [3.8, 4) is 17.6 Å². The fraction of sp³-hybridized carbons (Fsp3) is 0.222. The smallest absolute Gasteiger partial charge is 0.123 e. The molecule has 0 aliphatic rings. The van der Waals surface area contributed by atoms with Crippen molar-refractivity contribution in [1.29, 1.82) is 0 Å². The average Bonchev–Trinajstić information content (AvgIpc) is 2.48. The highest BCUT2D eigenvalue weighted by Gasteiger charge is 2.01. The lowest BCUT2D eigenvalue weighted by molar-refractivity contribution is 0.305. The topological polar surface area (TPSA) is 9.23 Å². The minimum absolute atomic E-state index is 0.226. The van der Waals surface area contributed by atoms with E-state index in [0.29, 0.717) is 18.9 Å². The Morgan fingerprint density at radius 1 is 1.14 bits per heavy atom. The Kier molecular flexibility index (Phi) is 5.66. The highest BCUT2D eigenvalue weighted by atomic mass is 35.5. The van der Waals surface area contributed by atoms with Crippen molar-refractivity contribution < 1.29 is 9.13 Å². The minimum Gasteiger partial charge on any atom is -0.489 e. The molecular formula is C18H16ClFO. The molecule has 0 atom stereocenters. The summed E-state index contributed by atoms with van der Waals surface area (Å²) in [5.41, 5.74) is 2.80. The van der Waals surface area contributed by atoms with Crippen LogP contribution in [0.15, 0.2) is 42.5 Å². The summed E-state index contributed by atoms with van der Waals surface area (Å²) in [6, 6.07) is 12.3. The van der Waals surface area contributed by atoms with Crippen molar-refractivity contribution in [2.45, 2.75) is 20.0 Å². The molecule has 2 aromatic rings. The first-order valence-electron chi connectivity index (χ1n) is 6.72. The van der Waals surface area contributed by atoms with Gasteiger partial charge in [-0.15, -0.1) is 11.6 Å². The zero-order valence-electron chi connectivity index (χ0n) is 11.8. The van der Waals surface area contributed by atoms with E-state index in [0.717, 1.165) is 22.4 Å². The number of alkyl halides is 1. The van der Waals surface area contributed by atoms with E-state index < -0.39 is 0 Å². The van der Waals surface area contributed by atoms with Gasteiger partial charge in [-0.1, -0.05) is 17.9 Å². The number of halogens is 2. The second-order valence-corrected chi connectivity index (χ2v) is 5.00. The molecule has 0 fully saturated rings. The van der Waals surface area contributed by atoms with Crippen LogP contribution in [0, 0.1) is 24.6 Å². The van der Waals surface area contributed by atoms with Gasteiger partial charge >= 0.3 is 0 Å². The van der Waals surface area contributed by atoms with Gasteiger partial charge in [0.2, 0.25) is 0 Å². The second-order valence-electron chi connectivity index (χ2n) is 4.62. The Morgan fingerprint density at radius 2 is 1.90 bits per heavy atom. The number of hydrogen-bond acceptors (Lipinski definition) is 1. The zero-order chi connectivity index (χ0) is 15.1. The molecule has 21 heavy (non-hydrogen) atoms. The first-order valence-corrected chi connectivity index (χ1v) is 7.25. The van der Waals surface area contributed by atoms with Crippen LogP contribution in [-0.2, 0) is 6.61 Å². The fourth-order valence-electron chi connectivity index (χ4n) is 1.83. The molecule has 0 saturated heterocycles. The molecule has 0 N–H and O–H groups in total. The first-order chi connectivity index (χ1) is 10.2. The summed E-state index contributed by atoms with van der Waals surface area (Å²) < 4.78 is 18.7. The molecule has 1 nitrogen and oxygen atoms in total. The molecule has 2 rings (SSSR count). The summed E-state index contributed by atoms with van der Waals surface area (Å²) in [7, 11) is 0. The van der Waals surface area contributed by atoms with Gasteiger partial charge in [-0.2, -0.15) is 0 Å². The maximum Gasteiger partial charge on any atom is 0.123 e. The van der Waals surface area contributed by atoms with Gasteiger partial charge in [0, 0.05) is 17.9 Å². The van der Waals surface area contributed by atoms with Crippen LogP contribution in [0.1, 0.15) is 23.1 Å². The predicted octanol–water partition coefficient (Wildman–Crippen LogP) is 4.69. The summed E-state index contributed by atoms with van der Waals surface area (Å²) in [5, 5.41) is 0. The highest BCUT2D eigenvalue weighted by Crippen LogP contribution is 2.16. The monoisotopic (exact) mass is 302 g/mol. The number of benzene rings is 2. The average molecular weight is 303 g/mol. The first kappa shape index (κ1) is 15.4. The molecule has 0 radical (unpaired) electrons. The van der Waals surface area contributed by atoms with Crippen molar-refractivity contribution in [3.63, 3.8) is 0 Å². The molecule has 3 heteroatoms. The van der Waals surface area contributed by atoms with Crippen LogP contribution in [0.2, 0.25) is 0 Å². The molecule has 0 unspecified atom stereocenters. The zero-order valence-corrected chi connectivity index (χ0v) is 12.6. The van der Waals surface area contributed by atoms with Crippen molar-refractivity contribution >= 4 is 11.6 Å². The number of rotatable bonds is 4. The molecule has 0 aromatic heterocycles. The van der Waals surface area contributed by atoms with Crippen LogP contribution in [0.3, 0.4) is 0 Å². The van der Waals surface area contributed by atoms with E-state index in [-0.39, 0.29) is 5.82 Å². The normalized spacial score (nSPS) is 9.86. The van der Waals surface area contributed by atoms with Crippen LogP contribution < -0.4 is 4.74 Å². The number of aryl methyl sites for hydroxylation is 1. The summed E-state index contributed by atoms with van der Waals surface area (Å²) in [5.74, 6) is 7.10. The molecule has 0 aliphatic carbocycles. The summed E-state index contributed by atoms with van der Waals surface area (Å²) in [4.78, 5) is 0. The van der Waals surface area contributed by atoms with E-state index in [1.54, 1.807) is 6.07 Å². The van der Waals surface area contributed by atoms with Crippen LogP contribution in [0.25, 0.3) is 0 Å². The van der Waals surface area contributed by atoms with Crippen molar-refractivity contribution in [3.05, 3.63) is 65.0 Å². The Morgan fingerprint density at radius 3 is 2.57 bits per heavy atom. The van der Waals surface area contributed by atoms with Crippen molar-refractivity contribution in [2.75, 3.05) is 5.88 Å². The van der Waals surface area contributed by atoms with Gasteiger partial charge in [-0.05, 0) is 54.4 Å². The van der Waals surface area contributed by atoms with Gasteiger partial charge < -0.3 is 4.74 Å². The third-order valence-electron chi connectivity index (χ3n) is 3.01. The lowest BCUT2D eigenvalue weighted by atomic mass is 10.1. The van der Waals surface area contributed by atoms with Gasteiger partial charge in [-0.25, -0.2) is 4.39 Å². The second kappa shape index (κ2) is 7.71. The maximum atomic E-state index is 13.0. The molecule has 0 aliphatic heterocycles. The van der Waals surface area contributed by atoms with Gasteiger partial charge in [-0.3, -0.25) is 0 Å². The van der Waals surface area contributed by atoms with Crippen molar-refractivity contribution in [2.24, 2.45) is 0 Å². The highest BCUT2D eigenvalue weighted by molar-refractivity contribution is 6.18. The van der Waals surface area contributed by atoms with E-state index >= 15 is 0 Å². The van der Waals surface area contributed by atoms with Gasteiger partial charge in [0.05, 0.1) is 0 Å². The summed E-state index contributed by atoms with van der Waals surface area (Å²) >= 11 is 5.57. The number of ether oxygens (including phenoxy) is 1. The van der Waals surface area contributed by atoms with Crippen LogP contribution in [-0.4, -0.2) is 5.88 Å². The lowest BCUT2D eigenvalue weighted by Gasteiger charge is -2.08. The lowest BCUT2D eigenvalue weighted by Crippen LogP contribution is -1.98. The van der Waals surface area contributed by atoms with E-state index in [9.17, 15) is 4.39 Å². The Labute approximate surface area is 129 Å². The largest absolute Gasteiger partial charge is 0.489 e. The third-order valence-corrected chi connectivity index (χ3v) is 3.19. The summed E-state index contributed by atoms with van der Waals surface area (Å²) in [6.45, 7) is 2.29. The quantitative estimate of drug-likeness (QED) is 0.588. The standard InChI is InChI=1S/C18H16ClFO/c1-14-12-17(20)8-7-16(14)13-21-18-9-5-15(6-10-18)4-2-3-11-19/h5-10,12H,3,11,13H2,1H3. The molecule has 0 saturated carbocycles.